The molecule has 2 aromatic carbocycles. The standard InChI is InChI=1S/C23H31N3O4/c1-4-6-17-13-15(5-2)14-19(20(17)30-12-11-27)23(3,22(28)29)26-18-9-7-16(8-10-18)21(24)25/h7-10,13-14,26-27H,4-6,11-12H2,1-3H3,(H3,24,25)(H,28,29). The maximum Gasteiger partial charge on any atom is 0.333 e. The van der Waals surface area contributed by atoms with E-state index in [1.807, 2.05) is 19.1 Å². The lowest BCUT2D eigenvalue weighted by Crippen LogP contribution is -2.41. The Hall–Kier alpha value is -3.06. The molecule has 1 unspecified atom stereocenters. The van der Waals surface area contributed by atoms with Crippen molar-refractivity contribution >= 4 is 17.5 Å². The lowest BCUT2D eigenvalue weighted by molar-refractivity contribution is -0.142. The number of aliphatic hydroxyl groups excluding tert-OH is 1. The molecule has 0 amide bonds. The summed E-state index contributed by atoms with van der Waals surface area (Å²) in [6.45, 7) is 5.60. The highest BCUT2D eigenvalue weighted by atomic mass is 16.5. The van der Waals surface area contributed by atoms with Crippen molar-refractivity contribution in [3.63, 3.8) is 0 Å². The molecular weight excluding hydrogens is 382 g/mol. The summed E-state index contributed by atoms with van der Waals surface area (Å²) >= 11 is 0. The van der Waals surface area contributed by atoms with Crippen LogP contribution in [0, 0.1) is 5.41 Å². The van der Waals surface area contributed by atoms with E-state index in [2.05, 4.69) is 12.2 Å². The second-order valence-electron chi connectivity index (χ2n) is 7.35. The number of nitrogen functional groups attached to an aromatic ring is 1. The number of nitrogens with two attached hydrogens (primary N) is 1. The molecule has 0 heterocycles. The number of aliphatic carboxylic acids is 1. The first-order valence-electron chi connectivity index (χ1n) is 10.1. The van der Waals surface area contributed by atoms with Crippen LogP contribution in [0.4, 0.5) is 5.69 Å². The Bertz CT molecular complexity index is 896. The van der Waals surface area contributed by atoms with E-state index in [1.54, 1.807) is 31.2 Å². The lowest BCUT2D eigenvalue weighted by atomic mass is 9.86. The van der Waals surface area contributed by atoms with Crippen molar-refractivity contribution in [1.82, 2.24) is 0 Å². The van der Waals surface area contributed by atoms with E-state index in [4.69, 9.17) is 15.9 Å². The van der Waals surface area contributed by atoms with Crippen molar-refractivity contribution in [2.24, 2.45) is 5.73 Å². The molecule has 0 aliphatic carbocycles. The number of carboxylic acid groups (broad SMARTS) is 1. The number of rotatable bonds is 11. The molecule has 2 aromatic rings. The van der Waals surface area contributed by atoms with Gasteiger partial charge in [0.05, 0.1) is 6.61 Å². The summed E-state index contributed by atoms with van der Waals surface area (Å²) in [6, 6.07) is 10.6. The van der Waals surface area contributed by atoms with Gasteiger partial charge in [0.25, 0.3) is 0 Å². The zero-order valence-electron chi connectivity index (χ0n) is 17.8. The number of carbonyl (C=O) groups is 1. The lowest BCUT2D eigenvalue weighted by Gasteiger charge is -2.31. The third kappa shape index (κ3) is 5.10. The molecule has 0 aliphatic heterocycles. The Kier molecular flexibility index (Phi) is 7.83. The minimum absolute atomic E-state index is 0.0536. The third-order valence-corrected chi connectivity index (χ3v) is 5.05. The quantitative estimate of drug-likeness (QED) is 0.284. The van der Waals surface area contributed by atoms with Crippen LogP contribution in [-0.2, 0) is 23.2 Å². The number of hydrogen-bond acceptors (Lipinski definition) is 5. The summed E-state index contributed by atoms with van der Waals surface area (Å²) in [5.74, 6) is -0.606. The van der Waals surface area contributed by atoms with Gasteiger partial charge in [-0.05, 0) is 61.2 Å². The SMILES string of the molecule is CCCc1cc(CC)cc(C(C)(Nc2ccc(C(=N)N)cc2)C(=O)O)c1OCCO. The molecule has 0 radical (unpaired) electrons. The number of benzene rings is 2. The van der Waals surface area contributed by atoms with Crippen molar-refractivity contribution in [1.29, 1.82) is 5.41 Å². The van der Waals surface area contributed by atoms with Crippen LogP contribution in [0.15, 0.2) is 36.4 Å². The zero-order valence-corrected chi connectivity index (χ0v) is 17.8. The number of nitrogens with one attached hydrogen (secondary N) is 2. The van der Waals surface area contributed by atoms with Crippen LogP contribution in [0.5, 0.6) is 5.75 Å². The van der Waals surface area contributed by atoms with Gasteiger partial charge < -0.3 is 26.0 Å². The molecule has 1 atom stereocenters. The highest BCUT2D eigenvalue weighted by Crippen LogP contribution is 2.38. The van der Waals surface area contributed by atoms with Crippen molar-refractivity contribution in [2.45, 2.75) is 45.6 Å². The van der Waals surface area contributed by atoms with Crippen LogP contribution in [0.3, 0.4) is 0 Å². The van der Waals surface area contributed by atoms with Crippen LogP contribution < -0.4 is 15.8 Å². The second-order valence-corrected chi connectivity index (χ2v) is 7.35. The Balaban J connectivity index is 2.61. The summed E-state index contributed by atoms with van der Waals surface area (Å²) in [7, 11) is 0. The van der Waals surface area contributed by atoms with E-state index < -0.39 is 11.5 Å². The number of carboxylic acids is 1. The zero-order chi connectivity index (χ0) is 22.3. The van der Waals surface area contributed by atoms with E-state index in [0.717, 1.165) is 30.4 Å². The Morgan fingerprint density at radius 3 is 2.40 bits per heavy atom. The molecule has 7 heteroatoms. The first-order chi connectivity index (χ1) is 14.3. The minimum atomic E-state index is -1.48. The first kappa shape index (κ1) is 23.2. The Labute approximate surface area is 177 Å². The minimum Gasteiger partial charge on any atom is -0.491 e. The molecule has 0 spiro atoms. The van der Waals surface area contributed by atoms with Crippen molar-refractivity contribution in [3.8, 4) is 5.75 Å². The smallest absolute Gasteiger partial charge is 0.333 e. The number of anilines is 1. The molecule has 2 rings (SSSR count). The molecule has 0 aliphatic rings. The summed E-state index contributed by atoms with van der Waals surface area (Å²) in [5, 5.41) is 30.1. The summed E-state index contributed by atoms with van der Waals surface area (Å²) < 4.78 is 5.86. The first-order valence-corrected chi connectivity index (χ1v) is 10.1. The Morgan fingerprint density at radius 2 is 1.90 bits per heavy atom. The van der Waals surface area contributed by atoms with Crippen LogP contribution in [-0.4, -0.2) is 35.2 Å². The van der Waals surface area contributed by atoms with Crippen LogP contribution in [0.25, 0.3) is 0 Å². The molecule has 0 saturated heterocycles. The van der Waals surface area contributed by atoms with Gasteiger partial charge >= 0.3 is 5.97 Å². The summed E-state index contributed by atoms with van der Waals surface area (Å²) in [6.07, 6.45) is 2.38. The van der Waals surface area contributed by atoms with E-state index in [0.29, 0.717) is 22.6 Å². The van der Waals surface area contributed by atoms with Gasteiger partial charge in [0, 0.05) is 16.8 Å². The number of aryl methyl sites for hydroxylation is 2. The van der Waals surface area contributed by atoms with Gasteiger partial charge in [-0.25, -0.2) is 4.79 Å². The predicted octanol–water partition coefficient (Wildman–Crippen LogP) is 3.27. The van der Waals surface area contributed by atoms with Gasteiger partial charge in [-0.3, -0.25) is 5.41 Å². The fourth-order valence-corrected chi connectivity index (χ4v) is 3.36. The second kappa shape index (κ2) is 10.1. The molecule has 0 saturated carbocycles. The molecular formula is C23H31N3O4. The molecule has 7 nitrogen and oxygen atoms in total. The van der Waals surface area contributed by atoms with Gasteiger partial charge in [0.2, 0.25) is 0 Å². The maximum absolute atomic E-state index is 12.5. The normalized spacial score (nSPS) is 12.8. The van der Waals surface area contributed by atoms with Gasteiger partial charge in [0.15, 0.2) is 5.54 Å². The molecule has 0 fully saturated rings. The molecule has 0 aromatic heterocycles. The monoisotopic (exact) mass is 413 g/mol. The van der Waals surface area contributed by atoms with E-state index in [9.17, 15) is 15.0 Å². The summed E-state index contributed by atoms with van der Waals surface area (Å²) in [5.41, 5.74) is 7.64. The van der Waals surface area contributed by atoms with Crippen LogP contribution in [0.2, 0.25) is 0 Å². The maximum atomic E-state index is 12.5. The van der Waals surface area contributed by atoms with Gasteiger partial charge in [0.1, 0.15) is 18.2 Å². The van der Waals surface area contributed by atoms with Gasteiger partial charge in [-0.1, -0.05) is 26.3 Å². The van der Waals surface area contributed by atoms with E-state index in [-0.39, 0.29) is 19.0 Å². The number of hydrogen-bond donors (Lipinski definition) is 5. The number of amidine groups is 1. The largest absolute Gasteiger partial charge is 0.491 e. The van der Waals surface area contributed by atoms with Crippen LogP contribution in [0.1, 0.15) is 49.4 Å². The molecule has 30 heavy (non-hydrogen) atoms. The van der Waals surface area contributed by atoms with Crippen molar-refractivity contribution < 1.29 is 19.7 Å². The molecule has 162 valence electrons. The van der Waals surface area contributed by atoms with E-state index in [1.165, 1.54) is 0 Å². The third-order valence-electron chi connectivity index (χ3n) is 5.05. The van der Waals surface area contributed by atoms with Crippen molar-refractivity contribution in [3.05, 3.63) is 58.7 Å². The van der Waals surface area contributed by atoms with Gasteiger partial charge in [-0.15, -0.1) is 0 Å². The van der Waals surface area contributed by atoms with E-state index >= 15 is 0 Å². The predicted molar refractivity (Wildman–Crippen MR) is 118 cm³/mol. The van der Waals surface area contributed by atoms with Crippen LogP contribution >= 0.6 is 0 Å². The van der Waals surface area contributed by atoms with Crippen molar-refractivity contribution in [2.75, 3.05) is 18.5 Å². The number of ether oxygens (including phenoxy) is 1. The Morgan fingerprint density at radius 1 is 1.23 bits per heavy atom. The summed E-state index contributed by atoms with van der Waals surface area (Å²) in [4.78, 5) is 12.5. The average Bonchev–Trinajstić information content (AvgIpc) is 2.72. The number of aliphatic hydroxyl groups is 1. The molecule has 0 bridgehead atoms. The highest BCUT2D eigenvalue weighted by Gasteiger charge is 2.39. The van der Waals surface area contributed by atoms with Gasteiger partial charge in [-0.2, -0.15) is 0 Å². The molecule has 6 N–H and O–H groups in total. The highest BCUT2D eigenvalue weighted by molar-refractivity contribution is 5.95. The fraction of sp³-hybridized carbons (Fsp3) is 0.391. The average molecular weight is 414 g/mol. The fourth-order valence-electron chi connectivity index (χ4n) is 3.36. The topological polar surface area (TPSA) is 129 Å².